The zero-order valence-electron chi connectivity index (χ0n) is 15.9. The molecule has 3 atom stereocenters. The molecule has 0 radical (unpaired) electrons. The monoisotopic (exact) mass is 364 g/mol. The van der Waals surface area contributed by atoms with Crippen molar-refractivity contribution < 1.29 is 4.74 Å². The Morgan fingerprint density at radius 2 is 2.00 bits per heavy atom. The Morgan fingerprint density at radius 1 is 1.28 bits per heavy atom. The Labute approximate surface area is 156 Å². The molecule has 5 nitrogen and oxygen atoms in total. The first-order valence-corrected chi connectivity index (χ1v) is 9.97. The summed E-state index contributed by atoms with van der Waals surface area (Å²) in [5.74, 6) is 0.869. The molecule has 1 fully saturated rings. The predicted octanol–water partition coefficient (Wildman–Crippen LogP) is 2.44. The van der Waals surface area contributed by atoms with E-state index in [4.69, 9.17) is 4.74 Å². The maximum atomic E-state index is 5.52. The van der Waals surface area contributed by atoms with Crippen LogP contribution in [0.3, 0.4) is 0 Å². The average Bonchev–Trinajstić information content (AvgIpc) is 2.63. The van der Waals surface area contributed by atoms with Crippen LogP contribution in [0.1, 0.15) is 20.8 Å². The average molecular weight is 365 g/mol. The molecule has 25 heavy (non-hydrogen) atoms. The van der Waals surface area contributed by atoms with Crippen LogP contribution >= 0.6 is 11.8 Å². The van der Waals surface area contributed by atoms with Gasteiger partial charge in [-0.2, -0.15) is 0 Å². The first-order chi connectivity index (χ1) is 12.1. The van der Waals surface area contributed by atoms with Crippen LogP contribution in [0.4, 0.5) is 0 Å². The topological polar surface area (TPSA) is 48.9 Å². The van der Waals surface area contributed by atoms with Gasteiger partial charge in [-0.3, -0.25) is 9.89 Å². The molecule has 2 rings (SSSR count). The summed E-state index contributed by atoms with van der Waals surface area (Å²) in [4.78, 5) is 8.14. The lowest BCUT2D eigenvalue weighted by Gasteiger charge is -2.38. The molecule has 6 heteroatoms. The molecule has 0 aromatic heterocycles. The molecule has 1 aliphatic rings. The van der Waals surface area contributed by atoms with Gasteiger partial charge in [0.05, 0.1) is 13.2 Å². The number of thioether (sulfide) groups is 1. The molecule has 1 aliphatic heterocycles. The first kappa shape index (κ1) is 20.1. The molecule has 1 aromatic rings. The highest BCUT2D eigenvalue weighted by atomic mass is 32.2. The molecular formula is C19H32N4OS. The lowest BCUT2D eigenvalue weighted by atomic mass is 10.2. The van der Waals surface area contributed by atoms with Gasteiger partial charge in [0.15, 0.2) is 5.96 Å². The number of rotatable bonds is 7. The van der Waals surface area contributed by atoms with Crippen molar-refractivity contribution in [3.05, 3.63) is 30.3 Å². The number of aliphatic imine (C=N–C) groups is 1. The number of ether oxygens (including phenoxy) is 1. The van der Waals surface area contributed by atoms with Gasteiger partial charge in [-0.05, 0) is 26.0 Å². The van der Waals surface area contributed by atoms with E-state index in [1.807, 2.05) is 18.8 Å². The second kappa shape index (κ2) is 10.7. The van der Waals surface area contributed by atoms with Crippen LogP contribution in [0.25, 0.3) is 0 Å². The molecule has 0 saturated carbocycles. The predicted molar refractivity (Wildman–Crippen MR) is 108 cm³/mol. The van der Waals surface area contributed by atoms with E-state index < -0.39 is 0 Å². The minimum Gasteiger partial charge on any atom is -0.379 e. The largest absolute Gasteiger partial charge is 0.379 e. The van der Waals surface area contributed by atoms with Gasteiger partial charge < -0.3 is 15.4 Å². The van der Waals surface area contributed by atoms with Crippen LogP contribution in [-0.4, -0.2) is 68.1 Å². The van der Waals surface area contributed by atoms with Crippen molar-refractivity contribution in [1.82, 2.24) is 15.5 Å². The van der Waals surface area contributed by atoms with Crippen LogP contribution in [0.2, 0.25) is 0 Å². The van der Waals surface area contributed by atoms with Gasteiger partial charge >= 0.3 is 0 Å². The Bertz CT molecular complexity index is 525. The van der Waals surface area contributed by atoms with Crippen LogP contribution < -0.4 is 10.6 Å². The van der Waals surface area contributed by atoms with Crippen molar-refractivity contribution in [2.75, 3.05) is 39.9 Å². The van der Waals surface area contributed by atoms with Crippen molar-refractivity contribution in [2.45, 2.75) is 43.0 Å². The molecule has 1 saturated heterocycles. The Morgan fingerprint density at radius 3 is 2.68 bits per heavy atom. The SMILES string of the molecule is CN=C(NCC(C)Sc1ccccc1)NCC(C)N1CCOCC1C. The summed E-state index contributed by atoms with van der Waals surface area (Å²) in [7, 11) is 1.83. The number of benzene rings is 1. The summed E-state index contributed by atoms with van der Waals surface area (Å²) in [5, 5.41) is 7.36. The molecule has 0 amide bonds. The number of hydrogen-bond acceptors (Lipinski definition) is 4. The van der Waals surface area contributed by atoms with Crippen LogP contribution in [0, 0.1) is 0 Å². The number of guanidine groups is 1. The zero-order chi connectivity index (χ0) is 18.1. The smallest absolute Gasteiger partial charge is 0.191 e. The van der Waals surface area contributed by atoms with Gasteiger partial charge in [0.1, 0.15) is 0 Å². The van der Waals surface area contributed by atoms with Gasteiger partial charge in [-0.25, -0.2) is 0 Å². The summed E-state index contributed by atoms with van der Waals surface area (Å²) >= 11 is 1.88. The maximum Gasteiger partial charge on any atom is 0.191 e. The van der Waals surface area contributed by atoms with Gasteiger partial charge in [0.2, 0.25) is 0 Å². The van der Waals surface area contributed by atoms with E-state index in [9.17, 15) is 0 Å². The lowest BCUT2D eigenvalue weighted by Crippen LogP contribution is -2.53. The van der Waals surface area contributed by atoms with E-state index in [1.54, 1.807) is 0 Å². The number of morpholine rings is 1. The highest BCUT2D eigenvalue weighted by Gasteiger charge is 2.23. The minimum atomic E-state index is 0.452. The Kier molecular flexibility index (Phi) is 8.58. The lowest BCUT2D eigenvalue weighted by molar-refractivity contribution is -0.0174. The third-order valence-electron chi connectivity index (χ3n) is 4.41. The fraction of sp³-hybridized carbons (Fsp3) is 0.632. The van der Waals surface area contributed by atoms with E-state index >= 15 is 0 Å². The number of nitrogens with one attached hydrogen (secondary N) is 2. The van der Waals surface area contributed by atoms with Crippen molar-refractivity contribution >= 4 is 17.7 Å². The van der Waals surface area contributed by atoms with E-state index in [0.717, 1.165) is 38.8 Å². The third kappa shape index (κ3) is 6.88. The van der Waals surface area contributed by atoms with E-state index in [0.29, 0.717) is 17.3 Å². The molecule has 1 aromatic carbocycles. The first-order valence-electron chi connectivity index (χ1n) is 9.10. The molecule has 3 unspecified atom stereocenters. The van der Waals surface area contributed by atoms with E-state index in [-0.39, 0.29) is 0 Å². The molecule has 0 aliphatic carbocycles. The zero-order valence-corrected chi connectivity index (χ0v) is 16.7. The van der Waals surface area contributed by atoms with Crippen LogP contribution in [-0.2, 0) is 4.74 Å². The Balaban J connectivity index is 1.71. The number of hydrogen-bond donors (Lipinski definition) is 2. The summed E-state index contributed by atoms with van der Waals surface area (Å²) in [6.07, 6.45) is 0. The van der Waals surface area contributed by atoms with Crippen molar-refractivity contribution in [3.8, 4) is 0 Å². The highest BCUT2D eigenvalue weighted by Crippen LogP contribution is 2.21. The van der Waals surface area contributed by atoms with Crippen LogP contribution in [0.15, 0.2) is 40.2 Å². The second-order valence-electron chi connectivity index (χ2n) is 6.59. The maximum absolute atomic E-state index is 5.52. The highest BCUT2D eigenvalue weighted by molar-refractivity contribution is 8.00. The van der Waals surface area contributed by atoms with Gasteiger partial charge in [0.25, 0.3) is 0 Å². The van der Waals surface area contributed by atoms with Crippen molar-refractivity contribution in [3.63, 3.8) is 0 Å². The normalized spacial score (nSPS) is 21.6. The summed E-state index contributed by atoms with van der Waals surface area (Å²) in [5.41, 5.74) is 0. The summed E-state index contributed by atoms with van der Waals surface area (Å²) in [6.45, 7) is 11.1. The molecule has 0 spiro atoms. The van der Waals surface area contributed by atoms with Crippen molar-refractivity contribution in [2.24, 2.45) is 4.99 Å². The van der Waals surface area contributed by atoms with Gasteiger partial charge in [0, 0.05) is 48.9 Å². The molecular weight excluding hydrogens is 332 g/mol. The van der Waals surface area contributed by atoms with E-state index in [2.05, 4.69) is 71.6 Å². The van der Waals surface area contributed by atoms with Crippen molar-refractivity contribution in [1.29, 1.82) is 0 Å². The Hall–Kier alpha value is -1.24. The fourth-order valence-electron chi connectivity index (χ4n) is 2.99. The fourth-order valence-corrected chi connectivity index (χ4v) is 3.94. The molecule has 0 bridgehead atoms. The number of nitrogens with zero attached hydrogens (tertiary/aromatic N) is 2. The van der Waals surface area contributed by atoms with Crippen LogP contribution in [0.5, 0.6) is 0 Å². The van der Waals surface area contributed by atoms with E-state index in [1.165, 1.54) is 4.90 Å². The molecule has 140 valence electrons. The minimum absolute atomic E-state index is 0.452. The third-order valence-corrected chi connectivity index (χ3v) is 5.52. The molecule has 2 N–H and O–H groups in total. The van der Waals surface area contributed by atoms with Gasteiger partial charge in [-0.1, -0.05) is 25.1 Å². The second-order valence-corrected chi connectivity index (χ2v) is 8.10. The summed E-state index contributed by atoms with van der Waals surface area (Å²) in [6, 6.07) is 11.4. The summed E-state index contributed by atoms with van der Waals surface area (Å²) < 4.78 is 5.52. The molecule has 1 heterocycles. The van der Waals surface area contributed by atoms with Gasteiger partial charge in [-0.15, -0.1) is 11.8 Å². The quantitative estimate of drug-likeness (QED) is 0.442. The standard InChI is InChI=1S/C19H32N4OS/c1-15(23-10-11-24-14-16(23)2)12-21-19(20-4)22-13-17(3)25-18-8-6-5-7-9-18/h5-9,15-17H,10-14H2,1-4H3,(H2,20,21,22).